The average Bonchev–Trinajstić information content (AvgIpc) is 2.92. The molecular formula is C17H28N2O. The Bertz CT molecular complexity index is 400. The highest BCUT2D eigenvalue weighted by molar-refractivity contribution is 5.23. The highest BCUT2D eigenvalue weighted by Crippen LogP contribution is 2.14. The van der Waals surface area contributed by atoms with Gasteiger partial charge in [-0.25, -0.2) is 0 Å². The smallest absolute Gasteiger partial charge is 0.0713 e. The van der Waals surface area contributed by atoms with E-state index in [2.05, 4.69) is 48.3 Å². The molecule has 1 fully saturated rings. The minimum absolute atomic E-state index is 0.573. The molecule has 1 aromatic carbocycles. The van der Waals surface area contributed by atoms with E-state index >= 15 is 0 Å². The molecule has 0 aliphatic carbocycles. The van der Waals surface area contributed by atoms with E-state index in [-0.39, 0.29) is 0 Å². The van der Waals surface area contributed by atoms with E-state index in [0.29, 0.717) is 18.7 Å². The molecule has 3 nitrogen and oxygen atoms in total. The maximum absolute atomic E-state index is 5.22. The molecule has 112 valence electrons. The lowest BCUT2D eigenvalue weighted by molar-refractivity contribution is 0.183. The first-order valence-electron chi connectivity index (χ1n) is 7.73. The zero-order chi connectivity index (χ0) is 14.4. The summed E-state index contributed by atoms with van der Waals surface area (Å²) in [7, 11) is 1.75. The number of hydrogen-bond donors (Lipinski definition) is 1. The van der Waals surface area contributed by atoms with Crippen LogP contribution in [0.15, 0.2) is 24.3 Å². The van der Waals surface area contributed by atoms with Crippen molar-refractivity contribution in [2.75, 3.05) is 20.2 Å². The summed E-state index contributed by atoms with van der Waals surface area (Å²) >= 11 is 0. The van der Waals surface area contributed by atoms with E-state index in [4.69, 9.17) is 4.74 Å². The van der Waals surface area contributed by atoms with Gasteiger partial charge in [0.15, 0.2) is 0 Å². The summed E-state index contributed by atoms with van der Waals surface area (Å²) in [6.45, 7) is 8.61. The van der Waals surface area contributed by atoms with Crippen LogP contribution in [0.25, 0.3) is 0 Å². The van der Waals surface area contributed by atoms with E-state index < -0.39 is 0 Å². The van der Waals surface area contributed by atoms with Crippen molar-refractivity contribution >= 4 is 0 Å². The van der Waals surface area contributed by atoms with Gasteiger partial charge in [-0.05, 0) is 44.4 Å². The van der Waals surface area contributed by atoms with Crippen LogP contribution in [0.5, 0.6) is 0 Å². The predicted molar refractivity (Wildman–Crippen MR) is 83.7 cm³/mol. The van der Waals surface area contributed by atoms with Crippen molar-refractivity contribution in [2.24, 2.45) is 0 Å². The fourth-order valence-corrected chi connectivity index (χ4v) is 2.87. The van der Waals surface area contributed by atoms with Gasteiger partial charge in [0.2, 0.25) is 0 Å². The molecule has 1 N–H and O–H groups in total. The van der Waals surface area contributed by atoms with Crippen LogP contribution in [0, 0.1) is 0 Å². The van der Waals surface area contributed by atoms with Gasteiger partial charge in [-0.2, -0.15) is 0 Å². The van der Waals surface area contributed by atoms with E-state index in [1.165, 1.54) is 30.5 Å². The van der Waals surface area contributed by atoms with Gasteiger partial charge in [-0.3, -0.25) is 4.90 Å². The van der Waals surface area contributed by atoms with Crippen molar-refractivity contribution in [2.45, 2.75) is 51.9 Å². The summed E-state index contributed by atoms with van der Waals surface area (Å²) in [5.41, 5.74) is 2.64. The molecule has 1 saturated heterocycles. The maximum atomic E-state index is 5.22. The van der Waals surface area contributed by atoms with Crippen LogP contribution in [0.3, 0.4) is 0 Å². The molecule has 3 heteroatoms. The average molecular weight is 276 g/mol. The second kappa shape index (κ2) is 7.77. The van der Waals surface area contributed by atoms with Gasteiger partial charge < -0.3 is 10.1 Å². The van der Waals surface area contributed by atoms with Crippen molar-refractivity contribution in [3.63, 3.8) is 0 Å². The molecule has 1 aromatic rings. The topological polar surface area (TPSA) is 24.5 Å². The summed E-state index contributed by atoms with van der Waals surface area (Å²) in [6.07, 6.45) is 2.63. The van der Waals surface area contributed by atoms with E-state index in [0.717, 1.165) is 13.1 Å². The standard InChI is InChI=1S/C17H28N2O/c1-14(2)19(12-17-8-5-9-18-17)11-15-6-4-7-16(10-15)13-20-3/h4,6-7,10,14,17-18H,5,8-9,11-13H2,1-3H3. The molecule has 0 amide bonds. The lowest BCUT2D eigenvalue weighted by Gasteiger charge is -2.29. The third-order valence-electron chi connectivity index (χ3n) is 4.04. The summed E-state index contributed by atoms with van der Waals surface area (Å²) in [6, 6.07) is 9.99. The normalized spacial score (nSPS) is 19.1. The maximum Gasteiger partial charge on any atom is 0.0713 e. The first-order chi connectivity index (χ1) is 9.69. The molecule has 0 spiro atoms. The van der Waals surface area contributed by atoms with Crippen LogP contribution in [0.2, 0.25) is 0 Å². The minimum atomic E-state index is 0.573. The molecule has 0 radical (unpaired) electrons. The summed E-state index contributed by atoms with van der Waals surface area (Å²) < 4.78 is 5.22. The number of methoxy groups -OCH3 is 1. The fraction of sp³-hybridized carbons (Fsp3) is 0.647. The van der Waals surface area contributed by atoms with E-state index in [1.54, 1.807) is 7.11 Å². The predicted octanol–water partition coefficient (Wildman–Crippen LogP) is 2.80. The molecule has 1 atom stereocenters. The fourth-order valence-electron chi connectivity index (χ4n) is 2.87. The Balaban J connectivity index is 1.97. The van der Waals surface area contributed by atoms with Gasteiger partial charge >= 0.3 is 0 Å². The molecule has 0 aromatic heterocycles. The van der Waals surface area contributed by atoms with E-state index in [1.807, 2.05) is 0 Å². The highest BCUT2D eigenvalue weighted by Gasteiger charge is 2.19. The number of rotatable bonds is 7. The zero-order valence-corrected chi connectivity index (χ0v) is 13.1. The van der Waals surface area contributed by atoms with Crippen LogP contribution < -0.4 is 5.32 Å². The number of benzene rings is 1. The minimum Gasteiger partial charge on any atom is -0.380 e. The molecule has 1 unspecified atom stereocenters. The van der Waals surface area contributed by atoms with Gasteiger partial charge in [0.05, 0.1) is 6.61 Å². The summed E-state index contributed by atoms with van der Waals surface area (Å²) in [5.74, 6) is 0. The van der Waals surface area contributed by atoms with Crippen molar-refractivity contribution in [1.82, 2.24) is 10.2 Å². The number of nitrogens with zero attached hydrogens (tertiary/aromatic N) is 1. The van der Waals surface area contributed by atoms with Crippen molar-refractivity contribution < 1.29 is 4.74 Å². The Morgan fingerprint density at radius 1 is 1.35 bits per heavy atom. The Labute approximate surface area is 123 Å². The highest BCUT2D eigenvalue weighted by atomic mass is 16.5. The molecule has 1 heterocycles. The Morgan fingerprint density at radius 3 is 2.80 bits per heavy atom. The van der Waals surface area contributed by atoms with Gasteiger partial charge in [0, 0.05) is 32.3 Å². The largest absolute Gasteiger partial charge is 0.380 e. The Hall–Kier alpha value is -0.900. The monoisotopic (exact) mass is 276 g/mol. The quantitative estimate of drug-likeness (QED) is 0.829. The van der Waals surface area contributed by atoms with Crippen LogP contribution in [0.1, 0.15) is 37.8 Å². The van der Waals surface area contributed by atoms with Crippen LogP contribution in [-0.4, -0.2) is 37.2 Å². The van der Waals surface area contributed by atoms with Crippen LogP contribution >= 0.6 is 0 Å². The van der Waals surface area contributed by atoms with Crippen LogP contribution in [0.4, 0.5) is 0 Å². The van der Waals surface area contributed by atoms with Gasteiger partial charge in [0.1, 0.15) is 0 Å². The van der Waals surface area contributed by atoms with Gasteiger partial charge in [-0.1, -0.05) is 24.3 Å². The molecule has 1 aliphatic heterocycles. The zero-order valence-electron chi connectivity index (χ0n) is 13.1. The van der Waals surface area contributed by atoms with Crippen molar-refractivity contribution in [3.05, 3.63) is 35.4 Å². The number of nitrogens with one attached hydrogen (secondary N) is 1. The van der Waals surface area contributed by atoms with E-state index in [9.17, 15) is 0 Å². The first-order valence-corrected chi connectivity index (χ1v) is 7.73. The summed E-state index contributed by atoms with van der Waals surface area (Å²) in [5, 5.41) is 3.60. The molecular weight excluding hydrogens is 248 g/mol. The molecule has 2 rings (SSSR count). The Kier molecular flexibility index (Phi) is 6.02. The second-order valence-electron chi connectivity index (χ2n) is 6.07. The first kappa shape index (κ1) is 15.5. The second-order valence-corrected chi connectivity index (χ2v) is 6.07. The molecule has 20 heavy (non-hydrogen) atoms. The SMILES string of the molecule is COCc1cccc(CN(CC2CCCN2)C(C)C)c1. The number of hydrogen-bond acceptors (Lipinski definition) is 3. The summed E-state index contributed by atoms with van der Waals surface area (Å²) in [4.78, 5) is 2.56. The lowest BCUT2D eigenvalue weighted by Crippen LogP contribution is -2.40. The van der Waals surface area contributed by atoms with Crippen LogP contribution in [-0.2, 0) is 17.9 Å². The van der Waals surface area contributed by atoms with Crippen molar-refractivity contribution in [1.29, 1.82) is 0 Å². The number of ether oxygens (including phenoxy) is 1. The third kappa shape index (κ3) is 4.58. The molecule has 1 aliphatic rings. The lowest BCUT2D eigenvalue weighted by atomic mass is 10.1. The molecule has 0 bridgehead atoms. The Morgan fingerprint density at radius 2 is 2.15 bits per heavy atom. The van der Waals surface area contributed by atoms with Gasteiger partial charge in [-0.15, -0.1) is 0 Å². The third-order valence-corrected chi connectivity index (χ3v) is 4.04. The van der Waals surface area contributed by atoms with Gasteiger partial charge in [0.25, 0.3) is 0 Å². The molecule has 0 saturated carbocycles. The van der Waals surface area contributed by atoms with Crippen molar-refractivity contribution in [3.8, 4) is 0 Å².